The van der Waals surface area contributed by atoms with Crippen LogP contribution in [0.1, 0.15) is 47.0 Å². The van der Waals surface area contributed by atoms with Gasteiger partial charge in [0, 0.05) is 18.3 Å². The number of carbonyl (C=O) groups excluding carboxylic acids is 2. The van der Waals surface area contributed by atoms with Crippen LogP contribution in [0, 0.1) is 0 Å². The molecule has 2 amide bonds. The summed E-state index contributed by atoms with van der Waals surface area (Å²) >= 11 is 12.1. The van der Waals surface area contributed by atoms with E-state index in [1.54, 1.807) is 18.2 Å². The molecule has 2 rings (SSSR count). The van der Waals surface area contributed by atoms with Crippen LogP contribution in [-0.4, -0.2) is 23.3 Å². The second kappa shape index (κ2) is 9.39. The molecule has 1 aromatic heterocycles. The largest absolute Gasteiger partial charge is 0.351 e. The summed E-state index contributed by atoms with van der Waals surface area (Å²) in [6.07, 6.45) is 4.46. The van der Waals surface area contributed by atoms with Gasteiger partial charge in [0.05, 0.1) is 15.7 Å². The van der Waals surface area contributed by atoms with Gasteiger partial charge in [-0.2, -0.15) is 0 Å². The van der Waals surface area contributed by atoms with Gasteiger partial charge < -0.3 is 10.6 Å². The Balaban J connectivity index is 2.07. The zero-order chi connectivity index (χ0) is 18.2. The fourth-order valence-corrected chi connectivity index (χ4v) is 2.66. The van der Waals surface area contributed by atoms with Crippen molar-refractivity contribution in [2.24, 2.45) is 0 Å². The third kappa shape index (κ3) is 5.44. The second-order valence-corrected chi connectivity index (χ2v) is 6.26. The van der Waals surface area contributed by atoms with E-state index in [1.165, 1.54) is 18.3 Å². The summed E-state index contributed by atoms with van der Waals surface area (Å²) in [5.74, 6) is -0.723. The van der Waals surface area contributed by atoms with E-state index in [2.05, 4.69) is 22.5 Å². The van der Waals surface area contributed by atoms with Crippen LogP contribution in [0.5, 0.6) is 0 Å². The van der Waals surface area contributed by atoms with Crippen LogP contribution < -0.4 is 10.6 Å². The van der Waals surface area contributed by atoms with Gasteiger partial charge >= 0.3 is 0 Å². The predicted octanol–water partition coefficient (Wildman–Crippen LogP) is 4.56. The molecule has 0 saturated heterocycles. The monoisotopic (exact) mass is 379 g/mol. The number of hydrogen-bond acceptors (Lipinski definition) is 3. The molecule has 0 unspecified atom stereocenters. The lowest BCUT2D eigenvalue weighted by molar-refractivity contribution is 0.0948. The molecule has 5 nitrogen and oxygen atoms in total. The summed E-state index contributed by atoms with van der Waals surface area (Å²) in [7, 11) is 0. The highest BCUT2D eigenvalue weighted by Crippen LogP contribution is 2.30. The standard InChI is InChI=1S/C18H19Cl2N3O2/c1-2-3-4-9-22-18(25)15-11-12(8-10-21-15)17(24)23-16-13(19)6-5-7-14(16)20/h5-8,10-11H,2-4,9H2,1H3,(H,22,25)(H,23,24). The van der Waals surface area contributed by atoms with Crippen molar-refractivity contribution in [2.45, 2.75) is 26.2 Å². The van der Waals surface area contributed by atoms with Crippen LogP contribution in [0.2, 0.25) is 10.0 Å². The van der Waals surface area contributed by atoms with Crippen molar-refractivity contribution in [3.63, 3.8) is 0 Å². The van der Waals surface area contributed by atoms with Crippen molar-refractivity contribution >= 4 is 40.7 Å². The Morgan fingerprint density at radius 3 is 2.48 bits per heavy atom. The fraction of sp³-hybridized carbons (Fsp3) is 0.278. The van der Waals surface area contributed by atoms with E-state index in [4.69, 9.17) is 23.2 Å². The van der Waals surface area contributed by atoms with Crippen molar-refractivity contribution < 1.29 is 9.59 Å². The van der Waals surface area contributed by atoms with Crippen molar-refractivity contribution in [1.82, 2.24) is 10.3 Å². The van der Waals surface area contributed by atoms with Gasteiger partial charge in [0.1, 0.15) is 5.69 Å². The summed E-state index contributed by atoms with van der Waals surface area (Å²) in [5.41, 5.74) is 0.817. The Kier molecular flexibility index (Phi) is 7.22. The first-order valence-corrected chi connectivity index (χ1v) is 8.78. The second-order valence-electron chi connectivity index (χ2n) is 5.44. The molecular formula is C18H19Cl2N3O2. The first-order chi connectivity index (χ1) is 12.0. The average molecular weight is 380 g/mol. The number of pyridine rings is 1. The van der Waals surface area contributed by atoms with Gasteiger partial charge in [-0.1, -0.05) is 49.0 Å². The Morgan fingerprint density at radius 2 is 1.80 bits per heavy atom. The summed E-state index contributed by atoms with van der Waals surface area (Å²) < 4.78 is 0. The third-order valence-electron chi connectivity index (χ3n) is 3.52. The van der Waals surface area contributed by atoms with Crippen LogP contribution in [0.15, 0.2) is 36.5 Å². The van der Waals surface area contributed by atoms with Gasteiger partial charge in [-0.25, -0.2) is 0 Å². The number of unbranched alkanes of at least 4 members (excludes halogenated alkanes) is 2. The van der Waals surface area contributed by atoms with Crippen LogP contribution in [0.25, 0.3) is 0 Å². The minimum atomic E-state index is -0.419. The Morgan fingerprint density at radius 1 is 1.08 bits per heavy atom. The van der Waals surface area contributed by atoms with Crippen molar-refractivity contribution in [3.8, 4) is 0 Å². The van der Waals surface area contributed by atoms with Gasteiger partial charge in [-0.05, 0) is 30.7 Å². The smallest absolute Gasteiger partial charge is 0.269 e. The maximum Gasteiger partial charge on any atom is 0.269 e. The molecule has 2 N–H and O–H groups in total. The number of anilines is 1. The molecule has 0 radical (unpaired) electrons. The van der Waals surface area contributed by atoms with E-state index >= 15 is 0 Å². The first-order valence-electron chi connectivity index (χ1n) is 8.02. The summed E-state index contributed by atoms with van der Waals surface area (Å²) in [5, 5.41) is 6.12. The number of para-hydroxylation sites is 1. The number of nitrogens with zero attached hydrogens (tertiary/aromatic N) is 1. The number of rotatable bonds is 7. The maximum absolute atomic E-state index is 12.4. The van der Waals surface area contributed by atoms with E-state index in [0.717, 1.165) is 19.3 Å². The number of aromatic nitrogens is 1. The molecule has 0 aliphatic rings. The molecule has 1 heterocycles. The van der Waals surface area contributed by atoms with Gasteiger partial charge in [-0.15, -0.1) is 0 Å². The molecule has 0 saturated carbocycles. The Labute approximate surface area is 156 Å². The Bertz CT molecular complexity index is 745. The van der Waals surface area contributed by atoms with Crippen LogP contribution in [0.4, 0.5) is 5.69 Å². The topological polar surface area (TPSA) is 71.1 Å². The number of carbonyl (C=O) groups is 2. The zero-order valence-electron chi connectivity index (χ0n) is 13.8. The van der Waals surface area contributed by atoms with Gasteiger partial charge in [-0.3, -0.25) is 14.6 Å². The molecule has 0 aliphatic carbocycles. The highest BCUT2D eigenvalue weighted by atomic mass is 35.5. The molecular weight excluding hydrogens is 361 g/mol. The fourth-order valence-electron chi connectivity index (χ4n) is 2.17. The van der Waals surface area contributed by atoms with Crippen LogP contribution in [0.3, 0.4) is 0 Å². The highest BCUT2D eigenvalue weighted by Gasteiger charge is 2.14. The van der Waals surface area contributed by atoms with E-state index in [0.29, 0.717) is 27.8 Å². The molecule has 0 atom stereocenters. The number of hydrogen-bond donors (Lipinski definition) is 2. The number of benzene rings is 1. The lowest BCUT2D eigenvalue weighted by atomic mass is 10.2. The van der Waals surface area contributed by atoms with Gasteiger partial charge in [0.25, 0.3) is 11.8 Å². The first kappa shape index (κ1) is 19.2. The molecule has 7 heteroatoms. The SMILES string of the molecule is CCCCCNC(=O)c1cc(C(=O)Nc2c(Cl)cccc2Cl)ccn1. The molecule has 0 bridgehead atoms. The van der Waals surface area contributed by atoms with Crippen molar-refractivity contribution in [2.75, 3.05) is 11.9 Å². The normalized spacial score (nSPS) is 10.4. The lowest BCUT2D eigenvalue weighted by Crippen LogP contribution is -2.26. The van der Waals surface area contributed by atoms with E-state index < -0.39 is 5.91 Å². The maximum atomic E-state index is 12.4. The van der Waals surface area contributed by atoms with Gasteiger partial charge in [0.2, 0.25) is 0 Å². The molecule has 2 aromatic rings. The van der Waals surface area contributed by atoms with E-state index in [9.17, 15) is 9.59 Å². The summed E-state index contributed by atoms with van der Waals surface area (Å²) in [4.78, 5) is 28.5. The number of halogens is 2. The average Bonchev–Trinajstić information content (AvgIpc) is 2.61. The lowest BCUT2D eigenvalue weighted by Gasteiger charge is -2.10. The van der Waals surface area contributed by atoms with E-state index in [-0.39, 0.29) is 11.6 Å². The van der Waals surface area contributed by atoms with Crippen LogP contribution >= 0.6 is 23.2 Å². The minimum absolute atomic E-state index is 0.189. The zero-order valence-corrected chi connectivity index (χ0v) is 15.3. The Hall–Kier alpha value is -2.11. The molecule has 0 spiro atoms. The van der Waals surface area contributed by atoms with Crippen molar-refractivity contribution in [3.05, 3.63) is 57.8 Å². The number of nitrogens with one attached hydrogen (secondary N) is 2. The quantitative estimate of drug-likeness (QED) is 0.692. The molecule has 25 heavy (non-hydrogen) atoms. The van der Waals surface area contributed by atoms with Crippen LogP contribution in [-0.2, 0) is 0 Å². The summed E-state index contributed by atoms with van der Waals surface area (Å²) in [6.45, 7) is 2.68. The minimum Gasteiger partial charge on any atom is -0.351 e. The molecule has 132 valence electrons. The molecule has 1 aromatic carbocycles. The predicted molar refractivity (Wildman–Crippen MR) is 101 cm³/mol. The molecule has 0 fully saturated rings. The molecule has 0 aliphatic heterocycles. The third-order valence-corrected chi connectivity index (χ3v) is 4.15. The number of amides is 2. The highest BCUT2D eigenvalue weighted by molar-refractivity contribution is 6.40. The van der Waals surface area contributed by atoms with Gasteiger partial charge in [0.15, 0.2) is 0 Å². The van der Waals surface area contributed by atoms with E-state index in [1.807, 2.05) is 0 Å². The van der Waals surface area contributed by atoms with Crippen molar-refractivity contribution in [1.29, 1.82) is 0 Å². The summed E-state index contributed by atoms with van der Waals surface area (Å²) in [6, 6.07) is 7.91.